The zero-order valence-corrected chi connectivity index (χ0v) is 13.7. The SMILES string of the molecule is CCCCC1=C[C@H](O)C[C@@]2(C)CC[C@@H]3C[C@]12O[C@]3(C)CO. The Hall–Kier alpha value is -0.380. The van der Waals surface area contributed by atoms with E-state index in [1.165, 1.54) is 5.57 Å². The van der Waals surface area contributed by atoms with E-state index in [1.807, 2.05) is 0 Å². The van der Waals surface area contributed by atoms with Gasteiger partial charge in [0.2, 0.25) is 0 Å². The number of hydrogen-bond donors (Lipinski definition) is 2. The Balaban J connectivity index is 2.02. The molecule has 0 amide bonds. The minimum absolute atomic E-state index is 0.00761. The quantitative estimate of drug-likeness (QED) is 0.783. The van der Waals surface area contributed by atoms with Crippen LogP contribution in [0.2, 0.25) is 0 Å². The molecule has 0 radical (unpaired) electrons. The van der Waals surface area contributed by atoms with Crippen molar-refractivity contribution < 1.29 is 14.9 Å². The molecule has 3 rings (SSSR count). The lowest BCUT2D eigenvalue weighted by atomic mass is 9.54. The Kier molecular flexibility index (Phi) is 3.75. The summed E-state index contributed by atoms with van der Waals surface area (Å²) in [6.07, 6.45) is 9.02. The summed E-state index contributed by atoms with van der Waals surface area (Å²) in [5.74, 6) is 0.441. The van der Waals surface area contributed by atoms with Gasteiger partial charge in [0.05, 0.1) is 23.9 Å². The molecule has 1 saturated carbocycles. The van der Waals surface area contributed by atoms with Gasteiger partial charge in [-0.05, 0) is 56.9 Å². The van der Waals surface area contributed by atoms with E-state index < -0.39 is 5.60 Å². The van der Waals surface area contributed by atoms with Crippen molar-refractivity contribution in [3.05, 3.63) is 11.6 Å². The van der Waals surface area contributed by atoms with Crippen LogP contribution in [0.5, 0.6) is 0 Å². The Morgan fingerprint density at radius 2 is 2.10 bits per heavy atom. The summed E-state index contributed by atoms with van der Waals surface area (Å²) in [4.78, 5) is 0. The molecular weight excluding hydrogens is 264 g/mol. The highest BCUT2D eigenvalue weighted by atomic mass is 16.5. The highest BCUT2D eigenvalue weighted by Gasteiger charge is 2.66. The van der Waals surface area contributed by atoms with E-state index >= 15 is 0 Å². The van der Waals surface area contributed by atoms with E-state index in [1.54, 1.807) is 0 Å². The van der Waals surface area contributed by atoms with Crippen LogP contribution in [0.4, 0.5) is 0 Å². The summed E-state index contributed by atoms with van der Waals surface area (Å²) < 4.78 is 6.65. The predicted octanol–water partition coefficient (Wildman–Crippen LogP) is 3.19. The predicted molar refractivity (Wildman–Crippen MR) is 83.0 cm³/mol. The van der Waals surface area contributed by atoms with Gasteiger partial charge in [0, 0.05) is 5.41 Å². The zero-order chi connectivity index (χ0) is 15.3. The van der Waals surface area contributed by atoms with Gasteiger partial charge in [0.25, 0.3) is 0 Å². The molecule has 1 aliphatic heterocycles. The summed E-state index contributed by atoms with van der Waals surface area (Å²) >= 11 is 0. The number of fused-ring (bicyclic) bond motifs is 1. The highest BCUT2D eigenvalue weighted by Crippen LogP contribution is 2.65. The minimum Gasteiger partial charge on any atom is -0.393 e. The standard InChI is InChI=1S/C18H30O3/c1-4-5-6-13-9-15(20)11-16(2)8-7-14-10-18(13,16)21-17(14,3)12-19/h9,14-15,19-20H,4-8,10-12H2,1-3H3/t14-,15+,16-,17-,18+/m1/s1. The molecule has 5 atom stereocenters. The van der Waals surface area contributed by atoms with Crippen molar-refractivity contribution in [3.63, 3.8) is 0 Å². The molecule has 0 aromatic carbocycles. The van der Waals surface area contributed by atoms with Gasteiger partial charge in [-0.25, -0.2) is 0 Å². The van der Waals surface area contributed by atoms with Gasteiger partial charge in [0.1, 0.15) is 0 Å². The molecule has 3 heteroatoms. The van der Waals surface area contributed by atoms with E-state index in [9.17, 15) is 10.2 Å². The largest absolute Gasteiger partial charge is 0.393 e. The maximum atomic E-state index is 10.3. The lowest BCUT2D eigenvalue weighted by Crippen LogP contribution is -2.54. The van der Waals surface area contributed by atoms with E-state index in [-0.39, 0.29) is 23.7 Å². The van der Waals surface area contributed by atoms with Gasteiger partial charge in [-0.3, -0.25) is 0 Å². The van der Waals surface area contributed by atoms with Crippen LogP contribution in [0.1, 0.15) is 65.7 Å². The third kappa shape index (κ3) is 2.12. The van der Waals surface area contributed by atoms with Crippen molar-refractivity contribution in [2.45, 2.75) is 83.0 Å². The summed E-state index contributed by atoms with van der Waals surface area (Å²) in [5, 5.41) is 20.2. The second-order valence-corrected chi connectivity index (χ2v) is 7.97. The van der Waals surface area contributed by atoms with Gasteiger partial charge < -0.3 is 14.9 Å². The number of aliphatic hydroxyl groups is 2. The van der Waals surface area contributed by atoms with Crippen LogP contribution < -0.4 is 0 Å². The molecule has 1 saturated heterocycles. The van der Waals surface area contributed by atoms with Crippen molar-refractivity contribution in [1.29, 1.82) is 0 Å². The van der Waals surface area contributed by atoms with E-state index in [0.29, 0.717) is 5.92 Å². The van der Waals surface area contributed by atoms with Crippen molar-refractivity contribution in [2.24, 2.45) is 11.3 Å². The van der Waals surface area contributed by atoms with Gasteiger partial charge in [-0.15, -0.1) is 0 Å². The Labute approximate surface area is 128 Å². The average molecular weight is 294 g/mol. The third-order valence-corrected chi connectivity index (χ3v) is 6.51. The number of ether oxygens (including phenoxy) is 1. The molecule has 21 heavy (non-hydrogen) atoms. The Morgan fingerprint density at radius 1 is 1.33 bits per heavy atom. The van der Waals surface area contributed by atoms with Gasteiger partial charge >= 0.3 is 0 Å². The van der Waals surface area contributed by atoms with Crippen LogP contribution >= 0.6 is 0 Å². The van der Waals surface area contributed by atoms with Crippen molar-refractivity contribution >= 4 is 0 Å². The van der Waals surface area contributed by atoms with Crippen LogP contribution in [-0.4, -0.2) is 34.1 Å². The van der Waals surface area contributed by atoms with Crippen LogP contribution in [0.3, 0.4) is 0 Å². The molecule has 0 unspecified atom stereocenters. The number of aliphatic hydroxyl groups excluding tert-OH is 2. The maximum absolute atomic E-state index is 10.3. The number of unbranched alkanes of at least 4 members (excludes halogenated alkanes) is 1. The molecule has 2 fully saturated rings. The molecule has 3 aliphatic rings. The molecule has 2 bridgehead atoms. The Bertz CT molecular complexity index is 446. The fourth-order valence-corrected chi connectivity index (χ4v) is 5.11. The maximum Gasteiger partial charge on any atom is 0.0959 e. The highest BCUT2D eigenvalue weighted by molar-refractivity contribution is 5.33. The lowest BCUT2D eigenvalue weighted by molar-refractivity contribution is -0.159. The first-order valence-electron chi connectivity index (χ1n) is 8.59. The second-order valence-electron chi connectivity index (χ2n) is 7.97. The molecule has 3 nitrogen and oxygen atoms in total. The van der Waals surface area contributed by atoms with Crippen molar-refractivity contribution in [3.8, 4) is 0 Å². The first-order chi connectivity index (χ1) is 9.89. The van der Waals surface area contributed by atoms with Gasteiger partial charge in [-0.2, -0.15) is 0 Å². The monoisotopic (exact) mass is 294 g/mol. The van der Waals surface area contributed by atoms with E-state index in [0.717, 1.165) is 44.9 Å². The first kappa shape index (κ1) is 15.5. The first-order valence-corrected chi connectivity index (χ1v) is 8.59. The number of rotatable bonds is 4. The summed E-state index contributed by atoms with van der Waals surface area (Å²) in [5.41, 5.74) is 0.647. The normalized spacial score (nSPS) is 48.9. The minimum atomic E-state index is -0.411. The molecular formula is C18H30O3. The molecule has 1 spiro atoms. The second kappa shape index (κ2) is 5.07. The van der Waals surface area contributed by atoms with Crippen LogP contribution in [-0.2, 0) is 4.74 Å². The van der Waals surface area contributed by atoms with Crippen molar-refractivity contribution in [2.75, 3.05) is 6.61 Å². The van der Waals surface area contributed by atoms with E-state index in [4.69, 9.17) is 4.74 Å². The van der Waals surface area contributed by atoms with Crippen LogP contribution in [0.15, 0.2) is 11.6 Å². The topological polar surface area (TPSA) is 49.7 Å². The van der Waals surface area contributed by atoms with Crippen LogP contribution in [0, 0.1) is 11.3 Å². The molecule has 0 aromatic rings. The molecule has 2 aliphatic carbocycles. The fourth-order valence-electron chi connectivity index (χ4n) is 5.11. The summed E-state index contributed by atoms with van der Waals surface area (Å²) in [7, 11) is 0. The smallest absolute Gasteiger partial charge is 0.0959 e. The Morgan fingerprint density at radius 3 is 2.76 bits per heavy atom. The van der Waals surface area contributed by atoms with E-state index in [2.05, 4.69) is 26.8 Å². The summed E-state index contributed by atoms with van der Waals surface area (Å²) in [6, 6.07) is 0. The summed E-state index contributed by atoms with van der Waals surface area (Å²) in [6.45, 7) is 6.65. The van der Waals surface area contributed by atoms with Gasteiger partial charge in [0.15, 0.2) is 0 Å². The van der Waals surface area contributed by atoms with Gasteiger partial charge in [-0.1, -0.05) is 26.3 Å². The van der Waals surface area contributed by atoms with Crippen molar-refractivity contribution in [1.82, 2.24) is 0 Å². The molecule has 0 aromatic heterocycles. The van der Waals surface area contributed by atoms with Crippen LogP contribution in [0.25, 0.3) is 0 Å². The fraction of sp³-hybridized carbons (Fsp3) is 0.889. The molecule has 2 N–H and O–H groups in total. The molecule has 1 heterocycles. The third-order valence-electron chi connectivity index (χ3n) is 6.51. The number of hydrogen-bond acceptors (Lipinski definition) is 3. The average Bonchev–Trinajstić information content (AvgIpc) is 2.71. The lowest BCUT2D eigenvalue weighted by Gasteiger charge is -2.53. The zero-order valence-electron chi connectivity index (χ0n) is 13.7. The molecule has 120 valence electrons.